The van der Waals surface area contributed by atoms with E-state index < -0.39 is 0 Å². The van der Waals surface area contributed by atoms with E-state index in [2.05, 4.69) is 16.8 Å². The van der Waals surface area contributed by atoms with Gasteiger partial charge in [-0.2, -0.15) is 0 Å². The lowest BCUT2D eigenvalue weighted by Crippen LogP contribution is -2.38. The first-order valence-electron chi connectivity index (χ1n) is 6.78. The lowest BCUT2D eigenvalue weighted by molar-refractivity contribution is 0.280. The number of hydrogen-bond acceptors (Lipinski definition) is 3. The third kappa shape index (κ3) is 2.80. The predicted molar refractivity (Wildman–Crippen MR) is 70.0 cm³/mol. The van der Waals surface area contributed by atoms with Gasteiger partial charge in [-0.25, -0.2) is 9.37 Å². The zero-order valence-electron chi connectivity index (χ0n) is 10.9. The number of hydrogen-bond donors (Lipinski definition) is 1. The first-order valence-corrected chi connectivity index (χ1v) is 6.78. The maximum Gasteiger partial charge on any atom is 0.142 e. The first-order chi connectivity index (χ1) is 8.76. The Morgan fingerprint density at radius 1 is 1.39 bits per heavy atom. The molecule has 0 saturated heterocycles. The Hall–Kier alpha value is -1.16. The fraction of sp³-hybridized carbons (Fsp3) is 0.643. The molecule has 3 nitrogen and oxygen atoms in total. The Bertz CT molecular complexity index is 391. The van der Waals surface area contributed by atoms with Crippen molar-refractivity contribution in [1.29, 1.82) is 0 Å². The Kier molecular flexibility index (Phi) is 4.53. The minimum atomic E-state index is -0.387. The molecule has 1 aromatic rings. The van der Waals surface area contributed by atoms with Gasteiger partial charge in [-0.05, 0) is 25.8 Å². The van der Waals surface area contributed by atoms with Crippen LogP contribution < -0.4 is 4.90 Å². The second-order valence-corrected chi connectivity index (χ2v) is 4.87. The fourth-order valence-electron chi connectivity index (χ4n) is 2.82. The molecule has 4 heteroatoms. The minimum absolute atomic E-state index is 0.163. The van der Waals surface area contributed by atoms with Gasteiger partial charge in [-0.1, -0.05) is 19.3 Å². The number of aromatic nitrogens is 1. The van der Waals surface area contributed by atoms with Crippen LogP contribution in [0.2, 0.25) is 0 Å². The van der Waals surface area contributed by atoms with Crippen molar-refractivity contribution in [3.05, 3.63) is 23.6 Å². The standard InChI is InChI=1S/C14H21FN2O/c1-2-17(13-6-4-3-5-7-13)14-11(10-18)8-12(15)9-16-14/h8-9,13,18H,2-7,10H2,1H3. The van der Waals surface area contributed by atoms with Crippen LogP contribution in [0.1, 0.15) is 44.6 Å². The summed E-state index contributed by atoms with van der Waals surface area (Å²) in [5.41, 5.74) is 0.586. The molecule has 0 unspecified atom stereocenters. The number of rotatable bonds is 4. The molecule has 1 N–H and O–H groups in total. The van der Waals surface area contributed by atoms with E-state index in [1.807, 2.05) is 0 Å². The van der Waals surface area contributed by atoms with Crippen molar-refractivity contribution in [3.8, 4) is 0 Å². The zero-order valence-corrected chi connectivity index (χ0v) is 10.9. The van der Waals surface area contributed by atoms with E-state index in [4.69, 9.17) is 0 Å². The Morgan fingerprint density at radius 3 is 2.72 bits per heavy atom. The number of pyridine rings is 1. The highest BCUT2D eigenvalue weighted by Crippen LogP contribution is 2.28. The van der Waals surface area contributed by atoms with E-state index in [1.54, 1.807) is 0 Å². The summed E-state index contributed by atoms with van der Waals surface area (Å²) in [6, 6.07) is 1.86. The van der Waals surface area contributed by atoms with Crippen LogP contribution in [0.3, 0.4) is 0 Å². The van der Waals surface area contributed by atoms with Gasteiger partial charge in [0.05, 0.1) is 12.8 Å². The lowest BCUT2D eigenvalue weighted by Gasteiger charge is -2.35. The molecule has 0 bridgehead atoms. The Balaban J connectivity index is 2.25. The molecule has 0 aromatic carbocycles. The smallest absolute Gasteiger partial charge is 0.142 e. The van der Waals surface area contributed by atoms with Crippen molar-refractivity contribution in [2.24, 2.45) is 0 Å². The van der Waals surface area contributed by atoms with Crippen molar-refractivity contribution in [1.82, 2.24) is 4.98 Å². The molecular formula is C14H21FN2O. The van der Waals surface area contributed by atoms with Crippen LogP contribution in [0.4, 0.5) is 10.2 Å². The SMILES string of the molecule is CCN(c1ncc(F)cc1CO)C1CCCCC1. The van der Waals surface area contributed by atoms with Crippen LogP contribution in [-0.4, -0.2) is 22.7 Å². The quantitative estimate of drug-likeness (QED) is 0.895. The van der Waals surface area contributed by atoms with E-state index in [-0.39, 0.29) is 12.4 Å². The number of aliphatic hydroxyl groups is 1. The Labute approximate surface area is 108 Å². The highest BCUT2D eigenvalue weighted by Gasteiger charge is 2.23. The topological polar surface area (TPSA) is 36.4 Å². The third-order valence-electron chi connectivity index (χ3n) is 3.71. The molecule has 2 rings (SSSR count). The normalized spacial score (nSPS) is 16.8. The summed E-state index contributed by atoms with van der Waals surface area (Å²) in [6.07, 6.45) is 7.36. The molecule has 0 radical (unpaired) electrons. The molecule has 100 valence electrons. The maximum absolute atomic E-state index is 13.2. The average Bonchev–Trinajstić information content (AvgIpc) is 2.42. The van der Waals surface area contributed by atoms with Crippen molar-refractivity contribution >= 4 is 5.82 Å². The monoisotopic (exact) mass is 252 g/mol. The molecule has 0 amide bonds. The molecule has 0 spiro atoms. The van der Waals surface area contributed by atoms with Crippen molar-refractivity contribution in [2.45, 2.75) is 51.7 Å². The molecule has 1 aliphatic rings. The Morgan fingerprint density at radius 2 is 2.11 bits per heavy atom. The van der Waals surface area contributed by atoms with Crippen LogP contribution >= 0.6 is 0 Å². The van der Waals surface area contributed by atoms with Gasteiger partial charge in [0.25, 0.3) is 0 Å². The summed E-state index contributed by atoms with van der Waals surface area (Å²) in [6.45, 7) is 2.76. The van der Waals surface area contributed by atoms with Gasteiger partial charge in [0.1, 0.15) is 11.6 Å². The zero-order chi connectivity index (χ0) is 13.0. The summed E-state index contributed by atoms with van der Waals surface area (Å²) < 4.78 is 13.2. The fourth-order valence-corrected chi connectivity index (χ4v) is 2.82. The van der Waals surface area contributed by atoms with Crippen molar-refractivity contribution in [3.63, 3.8) is 0 Å². The molecule has 0 aliphatic heterocycles. The molecule has 18 heavy (non-hydrogen) atoms. The van der Waals surface area contributed by atoms with Crippen LogP contribution in [0.25, 0.3) is 0 Å². The average molecular weight is 252 g/mol. The molecule has 1 heterocycles. The number of aliphatic hydroxyl groups excluding tert-OH is 1. The molecule has 1 aromatic heterocycles. The van der Waals surface area contributed by atoms with E-state index in [0.29, 0.717) is 11.6 Å². The largest absolute Gasteiger partial charge is 0.392 e. The van der Waals surface area contributed by atoms with Crippen molar-refractivity contribution in [2.75, 3.05) is 11.4 Å². The lowest BCUT2D eigenvalue weighted by atomic mass is 9.94. The van der Waals surface area contributed by atoms with Crippen molar-refractivity contribution < 1.29 is 9.50 Å². The highest BCUT2D eigenvalue weighted by molar-refractivity contribution is 5.47. The molecule has 1 aliphatic carbocycles. The predicted octanol–water partition coefficient (Wildman–Crippen LogP) is 2.87. The van der Waals surface area contributed by atoms with Gasteiger partial charge in [0.15, 0.2) is 0 Å². The third-order valence-corrected chi connectivity index (χ3v) is 3.71. The van der Waals surface area contributed by atoms with E-state index >= 15 is 0 Å². The summed E-state index contributed by atoms with van der Waals surface area (Å²) >= 11 is 0. The van der Waals surface area contributed by atoms with Gasteiger partial charge >= 0.3 is 0 Å². The minimum Gasteiger partial charge on any atom is -0.392 e. The number of nitrogens with zero attached hydrogens (tertiary/aromatic N) is 2. The summed E-state index contributed by atoms with van der Waals surface area (Å²) in [4.78, 5) is 6.40. The van der Waals surface area contributed by atoms with E-state index in [1.165, 1.54) is 31.5 Å². The highest BCUT2D eigenvalue weighted by atomic mass is 19.1. The molecule has 0 atom stereocenters. The second-order valence-electron chi connectivity index (χ2n) is 4.87. The molecular weight excluding hydrogens is 231 g/mol. The summed E-state index contributed by atoms with van der Waals surface area (Å²) in [7, 11) is 0. The summed E-state index contributed by atoms with van der Waals surface area (Å²) in [5, 5.41) is 9.35. The second kappa shape index (κ2) is 6.14. The van der Waals surface area contributed by atoms with Crippen LogP contribution in [0.5, 0.6) is 0 Å². The van der Waals surface area contributed by atoms with Crippen LogP contribution in [0.15, 0.2) is 12.3 Å². The van der Waals surface area contributed by atoms with E-state index in [0.717, 1.165) is 25.2 Å². The number of halogens is 1. The van der Waals surface area contributed by atoms with Gasteiger partial charge < -0.3 is 10.0 Å². The van der Waals surface area contributed by atoms with Gasteiger partial charge in [0, 0.05) is 18.2 Å². The molecule has 1 saturated carbocycles. The van der Waals surface area contributed by atoms with Gasteiger partial charge in [-0.3, -0.25) is 0 Å². The van der Waals surface area contributed by atoms with Crippen LogP contribution in [0, 0.1) is 5.82 Å². The summed E-state index contributed by atoms with van der Waals surface area (Å²) in [5.74, 6) is 0.357. The van der Waals surface area contributed by atoms with Crippen LogP contribution in [-0.2, 0) is 6.61 Å². The van der Waals surface area contributed by atoms with Gasteiger partial charge in [0.2, 0.25) is 0 Å². The van der Waals surface area contributed by atoms with Gasteiger partial charge in [-0.15, -0.1) is 0 Å². The number of anilines is 1. The molecule has 1 fully saturated rings. The maximum atomic E-state index is 13.2. The van der Waals surface area contributed by atoms with E-state index in [9.17, 15) is 9.50 Å². The first kappa shape index (κ1) is 13.3.